The van der Waals surface area contributed by atoms with Crippen LogP contribution in [-0.4, -0.2) is 19.7 Å². The highest BCUT2D eigenvalue weighted by atomic mass is 16.5. The second-order valence-corrected chi connectivity index (χ2v) is 4.77. The summed E-state index contributed by atoms with van der Waals surface area (Å²) >= 11 is 0. The number of fused-ring (bicyclic) bond motifs is 1. The number of esters is 1. The summed E-state index contributed by atoms with van der Waals surface area (Å²) in [6.45, 7) is 0.452. The van der Waals surface area contributed by atoms with Crippen molar-refractivity contribution in [1.82, 2.24) is 0 Å². The number of carbonyl (C=O) groups excluding carboxylic acids is 1. The van der Waals surface area contributed by atoms with Crippen molar-refractivity contribution >= 4 is 17.2 Å². The fourth-order valence-electron chi connectivity index (χ4n) is 2.41. The molecule has 110 valence electrons. The van der Waals surface area contributed by atoms with Gasteiger partial charge in [0.15, 0.2) is 0 Å². The minimum atomic E-state index is -0.395. The number of nitrogens with zero attached hydrogens (tertiary/aromatic N) is 1. The SMILES string of the molecule is COC(=O)c1ccc2c(c1)C(c1ccc(N=O)cc1)=CCO2. The topological polar surface area (TPSA) is 65.0 Å². The number of hydrogen-bond acceptors (Lipinski definition) is 5. The first-order chi connectivity index (χ1) is 10.7. The zero-order chi connectivity index (χ0) is 15.5. The standard InChI is InChI=1S/C17H13NO4/c1-21-17(19)12-4-7-16-15(10-12)14(8-9-22-16)11-2-5-13(18-20)6-3-11/h2-8,10H,9H2,1H3. The number of nitroso groups, excluding NO2 is 1. The molecule has 1 aliphatic rings. The number of ether oxygens (including phenoxy) is 2. The van der Waals surface area contributed by atoms with E-state index in [2.05, 4.69) is 5.18 Å². The van der Waals surface area contributed by atoms with E-state index in [-0.39, 0.29) is 0 Å². The lowest BCUT2D eigenvalue weighted by Crippen LogP contribution is -2.08. The summed E-state index contributed by atoms with van der Waals surface area (Å²) in [7, 11) is 1.35. The van der Waals surface area contributed by atoms with Crippen molar-refractivity contribution in [3.63, 3.8) is 0 Å². The molecule has 0 fully saturated rings. The Labute approximate surface area is 127 Å². The van der Waals surface area contributed by atoms with Gasteiger partial charge in [0.1, 0.15) is 18.0 Å². The van der Waals surface area contributed by atoms with Crippen LogP contribution in [0.15, 0.2) is 53.7 Å². The van der Waals surface area contributed by atoms with Crippen molar-refractivity contribution in [3.8, 4) is 5.75 Å². The van der Waals surface area contributed by atoms with Crippen molar-refractivity contribution < 1.29 is 14.3 Å². The molecule has 0 aromatic heterocycles. The number of benzene rings is 2. The van der Waals surface area contributed by atoms with Crippen LogP contribution in [-0.2, 0) is 4.74 Å². The quantitative estimate of drug-likeness (QED) is 0.639. The van der Waals surface area contributed by atoms with Crippen LogP contribution in [0.2, 0.25) is 0 Å². The highest BCUT2D eigenvalue weighted by Gasteiger charge is 2.18. The first-order valence-corrected chi connectivity index (χ1v) is 6.72. The van der Waals surface area contributed by atoms with E-state index in [1.54, 1.807) is 30.3 Å². The minimum Gasteiger partial charge on any atom is -0.489 e. The molecule has 5 nitrogen and oxygen atoms in total. The van der Waals surface area contributed by atoms with Gasteiger partial charge >= 0.3 is 5.97 Å². The summed E-state index contributed by atoms with van der Waals surface area (Å²) in [5.74, 6) is 0.316. The molecule has 0 amide bonds. The summed E-state index contributed by atoms with van der Waals surface area (Å²) in [6, 6.07) is 12.1. The van der Waals surface area contributed by atoms with Crippen LogP contribution in [0, 0.1) is 4.91 Å². The first-order valence-electron chi connectivity index (χ1n) is 6.72. The van der Waals surface area contributed by atoms with Crippen molar-refractivity contribution in [1.29, 1.82) is 0 Å². The molecule has 0 saturated carbocycles. The molecule has 3 rings (SSSR count). The zero-order valence-corrected chi connectivity index (χ0v) is 11.9. The predicted octanol–water partition coefficient (Wildman–Crippen LogP) is 3.70. The largest absolute Gasteiger partial charge is 0.489 e. The Morgan fingerprint density at radius 3 is 2.64 bits per heavy atom. The maximum Gasteiger partial charge on any atom is 0.337 e. The summed E-state index contributed by atoms with van der Waals surface area (Å²) in [6.07, 6.45) is 1.94. The fraction of sp³-hybridized carbons (Fsp3) is 0.118. The van der Waals surface area contributed by atoms with Gasteiger partial charge in [0.2, 0.25) is 0 Å². The van der Waals surface area contributed by atoms with E-state index in [1.165, 1.54) is 7.11 Å². The van der Waals surface area contributed by atoms with E-state index >= 15 is 0 Å². The number of methoxy groups -OCH3 is 1. The lowest BCUT2D eigenvalue weighted by molar-refractivity contribution is 0.0600. The fourth-order valence-corrected chi connectivity index (χ4v) is 2.41. The highest BCUT2D eigenvalue weighted by molar-refractivity contribution is 5.93. The average molecular weight is 295 g/mol. The molecule has 5 heteroatoms. The number of carbonyl (C=O) groups is 1. The Morgan fingerprint density at radius 1 is 1.18 bits per heavy atom. The Morgan fingerprint density at radius 2 is 1.95 bits per heavy atom. The minimum absolute atomic E-state index is 0.375. The first kappa shape index (κ1) is 14.0. The van der Waals surface area contributed by atoms with Crippen molar-refractivity contribution in [3.05, 3.63) is 70.1 Å². The average Bonchev–Trinajstić information content (AvgIpc) is 2.60. The van der Waals surface area contributed by atoms with Gasteiger partial charge in [0, 0.05) is 5.56 Å². The van der Waals surface area contributed by atoms with Crippen molar-refractivity contribution in [2.24, 2.45) is 5.18 Å². The molecule has 22 heavy (non-hydrogen) atoms. The molecule has 1 heterocycles. The summed E-state index contributed by atoms with van der Waals surface area (Å²) in [5.41, 5.74) is 3.54. The van der Waals surface area contributed by atoms with Crippen molar-refractivity contribution in [2.45, 2.75) is 0 Å². The maximum atomic E-state index is 11.7. The third-order valence-corrected chi connectivity index (χ3v) is 3.50. The van der Waals surface area contributed by atoms with Gasteiger partial charge in [0.05, 0.1) is 12.7 Å². The van der Waals surface area contributed by atoms with Gasteiger partial charge in [-0.3, -0.25) is 0 Å². The Bertz CT molecular complexity index is 763. The molecular formula is C17H13NO4. The van der Waals surface area contributed by atoms with Gasteiger partial charge in [-0.2, -0.15) is 0 Å². The van der Waals surface area contributed by atoms with Crippen molar-refractivity contribution in [2.75, 3.05) is 13.7 Å². The summed E-state index contributed by atoms with van der Waals surface area (Å²) in [5, 5.41) is 2.89. The summed E-state index contributed by atoms with van der Waals surface area (Å²) < 4.78 is 10.3. The van der Waals surface area contributed by atoms with E-state index in [9.17, 15) is 9.70 Å². The molecule has 0 radical (unpaired) electrons. The second kappa shape index (κ2) is 5.81. The van der Waals surface area contributed by atoms with E-state index in [0.717, 1.165) is 16.7 Å². The molecule has 0 aliphatic carbocycles. The van der Waals surface area contributed by atoms with Crippen LogP contribution >= 0.6 is 0 Å². The van der Waals surface area contributed by atoms with E-state index in [0.29, 0.717) is 23.6 Å². The molecule has 2 aromatic carbocycles. The van der Waals surface area contributed by atoms with Gasteiger partial charge < -0.3 is 9.47 Å². The van der Waals surface area contributed by atoms with Crippen LogP contribution in [0.1, 0.15) is 21.5 Å². The molecular weight excluding hydrogens is 282 g/mol. The normalized spacial score (nSPS) is 12.7. The highest BCUT2D eigenvalue weighted by Crippen LogP contribution is 2.35. The molecule has 2 aromatic rings. The number of hydrogen-bond donors (Lipinski definition) is 0. The van der Waals surface area contributed by atoms with Gasteiger partial charge in [-0.1, -0.05) is 12.1 Å². The third kappa shape index (κ3) is 2.48. The predicted molar refractivity (Wildman–Crippen MR) is 82.3 cm³/mol. The van der Waals surface area contributed by atoms with E-state index in [4.69, 9.17) is 9.47 Å². The zero-order valence-electron chi connectivity index (χ0n) is 11.9. The smallest absolute Gasteiger partial charge is 0.337 e. The van der Waals surface area contributed by atoms with Gasteiger partial charge in [-0.15, -0.1) is 4.91 Å². The van der Waals surface area contributed by atoms with Gasteiger partial charge in [0.25, 0.3) is 0 Å². The Balaban J connectivity index is 2.05. The van der Waals surface area contributed by atoms with Crippen LogP contribution in [0.25, 0.3) is 5.57 Å². The lowest BCUT2D eigenvalue weighted by Gasteiger charge is -2.19. The molecule has 0 unspecified atom stereocenters. The van der Waals surface area contributed by atoms with Gasteiger partial charge in [-0.25, -0.2) is 4.79 Å². The molecule has 0 bridgehead atoms. The monoisotopic (exact) mass is 295 g/mol. The molecule has 1 aliphatic heterocycles. The molecule has 0 N–H and O–H groups in total. The maximum absolute atomic E-state index is 11.7. The Kier molecular flexibility index (Phi) is 3.70. The van der Waals surface area contributed by atoms with Crippen LogP contribution in [0.4, 0.5) is 5.69 Å². The molecule has 0 spiro atoms. The van der Waals surface area contributed by atoms with Crippen LogP contribution in [0.3, 0.4) is 0 Å². The van der Waals surface area contributed by atoms with Crippen LogP contribution in [0.5, 0.6) is 5.75 Å². The summed E-state index contributed by atoms with van der Waals surface area (Å²) in [4.78, 5) is 22.2. The third-order valence-electron chi connectivity index (χ3n) is 3.50. The lowest BCUT2D eigenvalue weighted by atomic mass is 9.94. The van der Waals surface area contributed by atoms with Crippen LogP contribution < -0.4 is 4.74 Å². The van der Waals surface area contributed by atoms with E-state index in [1.807, 2.05) is 18.2 Å². The number of rotatable bonds is 3. The van der Waals surface area contributed by atoms with E-state index < -0.39 is 5.97 Å². The Hall–Kier alpha value is -2.95. The molecule has 0 atom stereocenters. The second-order valence-electron chi connectivity index (χ2n) is 4.77. The molecule has 0 saturated heterocycles. The van der Waals surface area contributed by atoms with Gasteiger partial charge in [-0.05, 0) is 52.7 Å².